The van der Waals surface area contributed by atoms with Crippen molar-refractivity contribution in [2.45, 2.75) is 75.9 Å². The third kappa shape index (κ3) is 6.90. The van der Waals surface area contributed by atoms with Crippen molar-refractivity contribution in [3.63, 3.8) is 0 Å². The van der Waals surface area contributed by atoms with Gasteiger partial charge in [-0.15, -0.1) is 0 Å². The summed E-state index contributed by atoms with van der Waals surface area (Å²) in [6.07, 6.45) is 7.36. The molecule has 18 heteroatoms. The lowest BCUT2D eigenvalue weighted by molar-refractivity contribution is -0.135. The number of fused-ring (bicyclic) bond motifs is 2. The Morgan fingerprint density at radius 2 is 1.84 bits per heavy atom. The van der Waals surface area contributed by atoms with E-state index in [0.29, 0.717) is 23.4 Å². The second-order valence-corrected chi connectivity index (χ2v) is 15.1. The minimum atomic E-state index is -2.87. The number of aryl methyl sites for hydroxylation is 1. The molecule has 1 atom stereocenters. The van der Waals surface area contributed by atoms with E-state index in [4.69, 9.17) is 4.74 Å². The Bertz CT molecular complexity index is 2350. The summed E-state index contributed by atoms with van der Waals surface area (Å²) in [6.45, 7) is 2.55. The van der Waals surface area contributed by atoms with Gasteiger partial charge in [0, 0.05) is 57.6 Å². The van der Waals surface area contributed by atoms with Crippen molar-refractivity contribution in [3.05, 3.63) is 64.6 Å². The molecule has 1 saturated carbocycles. The smallest absolute Gasteiger partial charge is 0.329 e. The van der Waals surface area contributed by atoms with Crippen molar-refractivity contribution in [3.8, 4) is 5.88 Å². The second-order valence-electron chi connectivity index (χ2n) is 15.1. The molecule has 2 N–H and O–H groups in total. The molecular weight excluding hydrogens is 728 g/mol. The standard InChI is InChI=1S/C38H45F2N11O5/c1-46(23-13-16-48(17-14-23)27-5-4-6-28-33(27)47(2)38(55)51(28)29-11-12-30(52)43-37(29)54)20-22-7-9-24(10-8-22)50-21-26(32(45-50)34(39)40)42-36(53)25-19-41-49-18-15-31(56-3)44-35(25)49/h4-6,15,18-19,21-24,29,34H,7-14,16-17,20H2,1-3H3,(H,42,53)(H,43,52,54). The lowest BCUT2D eigenvalue weighted by Gasteiger charge is -2.40. The van der Waals surface area contributed by atoms with Crippen LogP contribution >= 0.6 is 0 Å². The van der Waals surface area contributed by atoms with Gasteiger partial charge in [0.1, 0.15) is 11.6 Å². The van der Waals surface area contributed by atoms with Gasteiger partial charge in [0.2, 0.25) is 17.7 Å². The summed E-state index contributed by atoms with van der Waals surface area (Å²) in [5, 5.41) is 13.4. The molecule has 4 aromatic heterocycles. The number of benzene rings is 1. The zero-order valence-electron chi connectivity index (χ0n) is 31.5. The average molecular weight is 774 g/mol. The van der Waals surface area contributed by atoms with Gasteiger partial charge in [0.15, 0.2) is 11.3 Å². The summed E-state index contributed by atoms with van der Waals surface area (Å²) in [4.78, 5) is 60.1. The van der Waals surface area contributed by atoms with E-state index in [2.05, 4.69) is 42.7 Å². The molecule has 6 heterocycles. The van der Waals surface area contributed by atoms with E-state index in [1.165, 1.54) is 28.6 Å². The summed E-state index contributed by atoms with van der Waals surface area (Å²) in [7, 11) is 5.36. The van der Waals surface area contributed by atoms with E-state index in [1.54, 1.807) is 28.6 Å². The van der Waals surface area contributed by atoms with Gasteiger partial charge < -0.3 is 19.9 Å². The molecule has 0 spiro atoms. The lowest BCUT2D eigenvalue weighted by atomic mass is 9.85. The Hall–Kier alpha value is -5.65. The summed E-state index contributed by atoms with van der Waals surface area (Å²) in [5.74, 6) is -0.639. The molecule has 2 saturated heterocycles. The fourth-order valence-electron chi connectivity index (χ4n) is 8.76. The minimum absolute atomic E-state index is 0.0363. The van der Waals surface area contributed by atoms with Crippen LogP contribution in [0.1, 0.15) is 85.9 Å². The number of aromatic nitrogens is 7. The zero-order chi connectivity index (χ0) is 39.2. The molecule has 3 amide bonds. The molecule has 8 rings (SSSR count). The largest absolute Gasteiger partial charge is 0.481 e. The van der Waals surface area contributed by atoms with Crippen LogP contribution in [0.25, 0.3) is 16.7 Å². The highest BCUT2D eigenvalue weighted by Gasteiger charge is 2.34. The molecule has 1 aromatic carbocycles. The first kappa shape index (κ1) is 37.3. The number of imidazole rings is 1. The van der Waals surface area contributed by atoms with Crippen molar-refractivity contribution in [2.24, 2.45) is 13.0 Å². The highest BCUT2D eigenvalue weighted by Crippen LogP contribution is 2.37. The molecule has 3 aliphatic rings. The van der Waals surface area contributed by atoms with Crippen LogP contribution in [0.15, 0.2) is 47.7 Å². The molecule has 1 aliphatic carbocycles. The van der Waals surface area contributed by atoms with Crippen LogP contribution < -0.4 is 26.0 Å². The van der Waals surface area contributed by atoms with Crippen LogP contribution in [0.4, 0.5) is 20.2 Å². The first-order chi connectivity index (χ1) is 27.0. The number of rotatable bonds is 10. The second kappa shape index (κ2) is 15.1. The number of carbonyl (C=O) groups is 3. The van der Waals surface area contributed by atoms with Crippen LogP contribution in [-0.2, 0) is 16.6 Å². The zero-order valence-corrected chi connectivity index (χ0v) is 31.5. The van der Waals surface area contributed by atoms with Crippen LogP contribution in [0.5, 0.6) is 5.88 Å². The number of alkyl halides is 2. The normalized spacial score (nSPS) is 21.1. The predicted molar refractivity (Wildman–Crippen MR) is 202 cm³/mol. The number of anilines is 2. The molecule has 56 heavy (non-hydrogen) atoms. The number of methoxy groups -OCH3 is 1. The van der Waals surface area contributed by atoms with E-state index >= 15 is 0 Å². The molecular formula is C38H45F2N11O5. The van der Waals surface area contributed by atoms with E-state index in [-0.39, 0.29) is 47.4 Å². The molecule has 1 unspecified atom stereocenters. The number of hydrogen-bond donors (Lipinski definition) is 2. The number of para-hydroxylation sites is 1. The van der Waals surface area contributed by atoms with Crippen LogP contribution in [0, 0.1) is 5.92 Å². The monoisotopic (exact) mass is 773 g/mol. The number of amides is 3. The fourth-order valence-corrected chi connectivity index (χ4v) is 8.76. The van der Waals surface area contributed by atoms with Gasteiger partial charge in [-0.25, -0.2) is 18.1 Å². The topological polar surface area (TPSA) is 166 Å². The van der Waals surface area contributed by atoms with Crippen molar-refractivity contribution < 1.29 is 27.9 Å². The van der Waals surface area contributed by atoms with Crippen molar-refractivity contribution >= 4 is 45.8 Å². The molecule has 16 nitrogen and oxygen atoms in total. The van der Waals surface area contributed by atoms with Gasteiger partial charge in [-0.1, -0.05) is 6.07 Å². The summed E-state index contributed by atoms with van der Waals surface area (Å²) in [6, 6.07) is 7.00. The Balaban J connectivity index is 0.868. The van der Waals surface area contributed by atoms with Gasteiger partial charge in [0.05, 0.1) is 41.8 Å². The quantitative estimate of drug-likeness (QED) is 0.198. The van der Waals surface area contributed by atoms with Gasteiger partial charge in [-0.05, 0) is 70.0 Å². The van der Waals surface area contributed by atoms with Crippen LogP contribution in [0.2, 0.25) is 0 Å². The SMILES string of the molecule is COc1ccn2ncc(C(=O)Nc3cn(C4CCC(CN(C)C5CCN(c6cccc7c6n(C)c(=O)n7C6CCC(=O)NC6=O)CC5)CC4)nc3C(F)F)c2n1. The van der Waals surface area contributed by atoms with E-state index < -0.39 is 30.0 Å². The number of nitrogens with zero attached hydrogens (tertiary/aromatic N) is 9. The van der Waals surface area contributed by atoms with Crippen LogP contribution in [-0.4, -0.2) is 96.0 Å². The van der Waals surface area contributed by atoms with E-state index in [1.807, 2.05) is 18.2 Å². The Morgan fingerprint density at radius 1 is 1.07 bits per heavy atom. The first-order valence-corrected chi connectivity index (χ1v) is 19.1. The van der Waals surface area contributed by atoms with Crippen molar-refractivity contribution in [1.82, 2.24) is 43.7 Å². The summed E-state index contributed by atoms with van der Waals surface area (Å²) >= 11 is 0. The lowest BCUT2D eigenvalue weighted by Crippen LogP contribution is -2.45. The van der Waals surface area contributed by atoms with Crippen LogP contribution in [0.3, 0.4) is 0 Å². The minimum Gasteiger partial charge on any atom is -0.481 e. The molecule has 3 fully saturated rings. The third-order valence-electron chi connectivity index (χ3n) is 11.8. The van der Waals surface area contributed by atoms with E-state index in [9.17, 15) is 28.0 Å². The van der Waals surface area contributed by atoms with Crippen molar-refractivity contribution in [1.29, 1.82) is 0 Å². The highest BCUT2D eigenvalue weighted by molar-refractivity contribution is 6.08. The number of ether oxygens (including phenoxy) is 1. The molecule has 0 radical (unpaired) electrons. The Morgan fingerprint density at radius 3 is 2.55 bits per heavy atom. The van der Waals surface area contributed by atoms with Gasteiger partial charge in [-0.2, -0.15) is 15.2 Å². The average Bonchev–Trinajstić information content (AvgIpc) is 3.89. The maximum atomic E-state index is 14.1. The molecule has 296 valence electrons. The molecule has 0 bridgehead atoms. The summed E-state index contributed by atoms with van der Waals surface area (Å²) in [5.41, 5.74) is 2.00. The summed E-state index contributed by atoms with van der Waals surface area (Å²) < 4.78 is 39.6. The molecule has 2 aliphatic heterocycles. The predicted octanol–water partition coefficient (Wildman–Crippen LogP) is 4.09. The number of imide groups is 1. The number of piperidine rings is 2. The fraction of sp³-hybridized carbons (Fsp3) is 0.500. The maximum Gasteiger partial charge on any atom is 0.329 e. The number of nitrogens with one attached hydrogen (secondary N) is 2. The van der Waals surface area contributed by atoms with Gasteiger partial charge >= 0.3 is 5.69 Å². The van der Waals surface area contributed by atoms with E-state index in [0.717, 1.165) is 69.4 Å². The maximum absolute atomic E-state index is 14.1. The molecule has 5 aromatic rings. The highest BCUT2D eigenvalue weighted by atomic mass is 19.3. The Labute approximate surface area is 320 Å². The number of carbonyl (C=O) groups excluding carboxylic acids is 3. The van der Waals surface area contributed by atoms with Gasteiger partial charge in [0.25, 0.3) is 12.3 Å². The third-order valence-corrected chi connectivity index (χ3v) is 11.8. The first-order valence-electron chi connectivity index (χ1n) is 19.1. The Kier molecular flexibility index (Phi) is 10.1. The number of halogens is 2. The van der Waals surface area contributed by atoms with Gasteiger partial charge in [-0.3, -0.25) is 33.5 Å². The van der Waals surface area contributed by atoms with Crippen molar-refractivity contribution in [2.75, 3.05) is 44.0 Å². The number of hydrogen-bond acceptors (Lipinski definition) is 10.